The fraction of sp³-hybridized carbons (Fsp3) is 1.00. The van der Waals surface area contributed by atoms with Crippen LogP contribution in [0, 0.1) is 5.92 Å². The first-order valence-electron chi connectivity index (χ1n) is 7.18. The predicted octanol–water partition coefficient (Wildman–Crippen LogP) is 1.57. The second kappa shape index (κ2) is 8.86. The molecule has 0 aromatic carbocycles. The first-order valence-corrected chi connectivity index (χ1v) is 7.18. The SMILES string of the molecule is CC(C)CC(C)OCC(O)CNC1CCOCC1. The highest BCUT2D eigenvalue weighted by atomic mass is 16.5. The Kier molecular flexibility index (Phi) is 7.82. The van der Waals surface area contributed by atoms with Crippen molar-refractivity contribution >= 4 is 0 Å². The summed E-state index contributed by atoms with van der Waals surface area (Å²) < 4.78 is 10.9. The molecule has 4 heteroatoms. The molecular formula is C14H29NO3. The number of hydrogen-bond donors (Lipinski definition) is 2. The summed E-state index contributed by atoms with van der Waals surface area (Å²) in [5, 5.41) is 13.2. The Labute approximate surface area is 111 Å². The van der Waals surface area contributed by atoms with E-state index in [9.17, 15) is 5.11 Å². The molecule has 1 fully saturated rings. The van der Waals surface area contributed by atoms with Crippen molar-refractivity contribution in [3.05, 3.63) is 0 Å². The summed E-state index contributed by atoms with van der Waals surface area (Å²) in [5.41, 5.74) is 0. The minimum Gasteiger partial charge on any atom is -0.389 e. The smallest absolute Gasteiger partial charge is 0.0897 e. The summed E-state index contributed by atoms with van der Waals surface area (Å²) in [6, 6.07) is 0.487. The molecule has 0 aromatic rings. The van der Waals surface area contributed by atoms with E-state index in [-0.39, 0.29) is 6.10 Å². The molecule has 108 valence electrons. The Balaban J connectivity index is 2.04. The molecule has 1 heterocycles. The van der Waals surface area contributed by atoms with Gasteiger partial charge in [-0.15, -0.1) is 0 Å². The van der Waals surface area contributed by atoms with Gasteiger partial charge in [0.15, 0.2) is 0 Å². The van der Waals surface area contributed by atoms with E-state index < -0.39 is 6.10 Å². The largest absolute Gasteiger partial charge is 0.389 e. The molecule has 18 heavy (non-hydrogen) atoms. The van der Waals surface area contributed by atoms with E-state index in [1.54, 1.807) is 0 Å². The number of rotatable bonds is 8. The van der Waals surface area contributed by atoms with Gasteiger partial charge in [-0.3, -0.25) is 0 Å². The van der Waals surface area contributed by atoms with Gasteiger partial charge in [0.25, 0.3) is 0 Å². The standard InChI is InChI=1S/C14H29NO3/c1-11(2)8-12(3)18-10-14(16)9-15-13-4-6-17-7-5-13/h11-16H,4-10H2,1-3H3. The predicted molar refractivity (Wildman–Crippen MR) is 72.7 cm³/mol. The first-order chi connectivity index (χ1) is 8.58. The molecule has 0 radical (unpaired) electrons. The third-order valence-corrected chi connectivity index (χ3v) is 3.24. The Hall–Kier alpha value is -0.160. The topological polar surface area (TPSA) is 50.7 Å². The van der Waals surface area contributed by atoms with E-state index in [0.29, 0.717) is 25.1 Å². The van der Waals surface area contributed by atoms with Crippen LogP contribution >= 0.6 is 0 Å². The fourth-order valence-corrected chi connectivity index (χ4v) is 2.27. The van der Waals surface area contributed by atoms with Crippen molar-refractivity contribution in [1.82, 2.24) is 5.32 Å². The fourth-order valence-electron chi connectivity index (χ4n) is 2.27. The van der Waals surface area contributed by atoms with Crippen molar-refractivity contribution in [1.29, 1.82) is 0 Å². The van der Waals surface area contributed by atoms with Crippen molar-refractivity contribution < 1.29 is 14.6 Å². The summed E-state index contributed by atoms with van der Waals surface area (Å²) >= 11 is 0. The lowest BCUT2D eigenvalue weighted by molar-refractivity contribution is -0.0110. The van der Waals surface area contributed by atoms with Crippen LogP contribution in [0.25, 0.3) is 0 Å². The molecule has 1 aliphatic rings. The van der Waals surface area contributed by atoms with Gasteiger partial charge in [0.1, 0.15) is 0 Å². The summed E-state index contributed by atoms with van der Waals surface area (Å²) in [6.45, 7) is 9.12. The average molecular weight is 259 g/mol. The van der Waals surface area contributed by atoms with Gasteiger partial charge in [0.2, 0.25) is 0 Å². The molecule has 2 N–H and O–H groups in total. The van der Waals surface area contributed by atoms with Gasteiger partial charge >= 0.3 is 0 Å². The third kappa shape index (κ3) is 7.31. The van der Waals surface area contributed by atoms with Gasteiger partial charge in [-0.2, -0.15) is 0 Å². The molecule has 4 nitrogen and oxygen atoms in total. The maximum absolute atomic E-state index is 9.84. The van der Waals surface area contributed by atoms with E-state index >= 15 is 0 Å². The Bertz CT molecular complexity index is 205. The van der Waals surface area contributed by atoms with Gasteiger partial charge in [-0.25, -0.2) is 0 Å². The van der Waals surface area contributed by atoms with Crippen molar-refractivity contribution in [3.63, 3.8) is 0 Å². The molecular weight excluding hydrogens is 230 g/mol. The maximum atomic E-state index is 9.84. The summed E-state index contributed by atoms with van der Waals surface area (Å²) in [6.07, 6.45) is 2.93. The highest BCUT2D eigenvalue weighted by molar-refractivity contribution is 4.72. The second-order valence-corrected chi connectivity index (χ2v) is 5.72. The lowest BCUT2D eigenvalue weighted by Gasteiger charge is -2.25. The van der Waals surface area contributed by atoms with Crippen LogP contribution in [0.3, 0.4) is 0 Å². The van der Waals surface area contributed by atoms with Crippen molar-refractivity contribution in [2.24, 2.45) is 5.92 Å². The number of hydrogen-bond acceptors (Lipinski definition) is 4. The number of ether oxygens (including phenoxy) is 2. The van der Waals surface area contributed by atoms with Crippen LogP contribution in [0.2, 0.25) is 0 Å². The molecule has 1 saturated heterocycles. The van der Waals surface area contributed by atoms with Crippen LogP contribution < -0.4 is 5.32 Å². The average Bonchev–Trinajstić information content (AvgIpc) is 2.34. The van der Waals surface area contributed by atoms with Gasteiger partial charge in [0, 0.05) is 25.8 Å². The number of aliphatic hydroxyl groups is 1. The van der Waals surface area contributed by atoms with Gasteiger partial charge in [0.05, 0.1) is 18.8 Å². The van der Waals surface area contributed by atoms with E-state index in [4.69, 9.17) is 9.47 Å². The van der Waals surface area contributed by atoms with Gasteiger partial charge in [-0.05, 0) is 32.1 Å². The molecule has 0 amide bonds. The zero-order valence-electron chi connectivity index (χ0n) is 12.0. The molecule has 0 aromatic heterocycles. The zero-order chi connectivity index (χ0) is 13.4. The van der Waals surface area contributed by atoms with E-state index in [1.807, 2.05) is 0 Å². The second-order valence-electron chi connectivity index (χ2n) is 5.72. The lowest BCUT2D eigenvalue weighted by atomic mass is 10.1. The molecule has 0 bridgehead atoms. The molecule has 0 saturated carbocycles. The van der Waals surface area contributed by atoms with E-state index in [1.165, 1.54) is 0 Å². The maximum Gasteiger partial charge on any atom is 0.0897 e. The Morgan fingerprint density at radius 2 is 1.94 bits per heavy atom. The van der Waals surface area contributed by atoms with Gasteiger partial charge < -0.3 is 19.9 Å². The first kappa shape index (κ1) is 15.9. The minimum absolute atomic E-state index is 0.225. The quantitative estimate of drug-likeness (QED) is 0.695. The Morgan fingerprint density at radius 1 is 1.28 bits per heavy atom. The van der Waals surface area contributed by atoms with Crippen LogP contribution in [0.1, 0.15) is 40.0 Å². The monoisotopic (exact) mass is 259 g/mol. The normalized spacial score (nSPS) is 21.2. The zero-order valence-corrected chi connectivity index (χ0v) is 12.0. The summed E-state index contributed by atoms with van der Waals surface area (Å²) in [5.74, 6) is 0.637. The molecule has 2 unspecified atom stereocenters. The molecule has 2 atom stereocenters. The van der Waals surface area contributed by atoms with Crippen LogP contribution in [0.15, 0.2) is 0 Å². The number of aliphatic hydroxyl groups excluding tert-OH is 1. The Morgan fingerprint density at radius 3 is 2.56 bits per heavy atom. The van der Waals surface area contributed by atoms with Crippen LogP contribution in [0.4, 0.5) is 0 Å². The van der Waals surface area contributed by atoms with E-state index in [0.717, 1.165) is 32.5 Å². The van der Waals surface area contributed by atoms with Crippen molar-refractivity contribution in [2.45, 2.75) is 58.3 Å². The highest BCUT2D eigenvalue weighted by Crippen LogP contribution is 2.08. The molecule has 0 spiro atoms. The third-order valence-electron chi connectivity index (χ3n) is 3.24. The highest BCUT2D eigenvalue weighted by Gasteiger charge is 2.15. The molecule has 1 rings (SSSR count). The van der Waals surface area contributed by atoms with E-state index in [2.05, 4.69) is 26.1 Å². The minimum atomic E-state index is -0.414. The number of nitrogens with one attached hydrogen (secondary N) is 1. The van der Waals surface area contributed by atoms with Crippen molar-refractivity contribution in [3.8, 4) is 0 Å². The van der Waals surface area contributed by atoms with Crippen molar-refractivity contribution in [2.75, 3.05) is 26.4 Å². The van der Waals surface area contributed by atoms with Crippen LogP contribution in [-0.2, 0) is 9.47 Å². The molecule has 0 aliphatic carbocycles. The summed E-state index contributed by atoms with van der Waals surface area (Å²) in [7, 11) is 0. The van der Waals surface area contributed by atoms with Crippen LogP contribution in [-0.4, -0.2) is 49.7 Å². The lowest BCUT2D eigenvalue weighted by Crippen LogP contribution is -2.40. The molecule has 1 aliphatic heterocycles. The van der Waals surface area contributed by atoms with Crippen LogP contribution in [0.5, 0.6) is 0 Å². The van der Waals surface area contributed by atoms with Gasteiger partial charge in [-0.1, -0.05) is 13.8 Å². The summed E-state index contributed by atoms with van der Waals surface area (Å²) in [4.78, 5) is 0.